The van der Waals surface area contributed by atoms with E-state index in [1.807, 2.05) is 0 Å². The molecule has 0 bridgehead atoms. The van der Waals surface area contributed by atoms with E-state index in [1.165, 1.54) is 29.5 Å². The Morgan fingerprint density at radius 3 is 2.03 bits per heavy atom. The minimum absolute atomic E-state index is 0.0625. The summed E-state index contributed by atoms with van der Waals surface area (Å²) in [6.07, 6.45) is -12.0. The highest BCUT2D eigenvalue weighted by Crippen LogP contribution is 2.47. The van der Waals surface area contributed by atoms with Crippen LogP contribution in [0.25, 0.3) is 0 Å². The highest BCUT2D eigenvalue weighted by atomic mass is 127. The van der Waals surface area contributed by atoms with Crippen molar-refractivity contribution in [3.63, 3.8) is 0 Å². The van der Waals surface area contributed by atoms with Gasteiger partial charge in [-0.2, -0.15) is 26.3 Å². The van der Waals surface area contributed by atoms with Gasteiger partial charge in [-0.15, -0.1) is 0 Å². The van der Waals surface area contributed by atoms with Crippen molar-refractivity contribution in [3.05, 3.63) is 39.0 Å². The lowest BCUT2D eigenvalue weighted by atomic mass is 10.1. The Labute approximate surface area is 189 Å². The first-order valence-electron chi connectivity index (χ1n) is 7.97. The molecular formula is C16H9F6INO7S-. The lowest BCUT2D eigenvalue weighted by molar-refractivity contribution is -0.356. The molecule has 176 valence electrons. The molecule has 16 heteroatoms. The number of hydrogen-bond acceptors (Lipinski definition) is 7. The van der Waals surface area contributed by atoms with Crippen LogP contribution in [-0.4, -0.2) is 54.5 Å². The van der Waals surface area contributed by atoms with Crippen LogP contribution in [0, 0.1) is 3.57 Å². The van der Waals surface area contributed by atoms with Crippen molar-refractivity contribution < 1.29 is 58.4 Å². The van der Waals surface area contributed by atoms with Crippen LogP contribution in [0.5, 0.6) is 0 Å². The van der Waals surface area contributed by atoms with E-state index in [0.717, 1.165) is 18.2 Å². The van der Waals surface area contributed by atoms with Gasteiger partial charge in [0.25, 0.3) is 11.8 Å². The number of nitrogens with zero attached hydrogens (tertiary/aromatic N) is 1. The Kier molecular flexibility index (Phi) is 6.75. The minimum Gasteiger partial charge on any atom is -0.748 e. The van der Waals surface area contributed by atoms with Crippen molar-refractivity contribution in [2.24, 2.45) is 0 Å². The number of ether oxygens (including phenoxy) is 1. The number of benzene rings is 1. The zero-order valence-corrected chi connectivity index (χ0v) is 18.3. The van der Waals surface area contributed by atoms with Gasteiger partial charge in [-0.25, -0.2) is 18.1 Å². The molecule has 0 atom stereocenters. The Hall–Kier alpha value is -2.21. The van der Waals surface area contributed by atoms with E-state index in [4.69, 9.17) is 0 Å². The van der Waals surface area contributed by atoms with Gasteiger partial charge in [0.1, 0.15) is 0 Å². The molecule has 0 aliphatic carbocycles. The number of carbonyl (C=O) groups is 3. The molecule has 0 unspecified atom stereocenters. The molecule has 32 heavy (non-hydrogen) atoms. The standard InChI is InChI=1S/C16H10F6INO7S/c1-7-4-11(25)24(12(7)26)8-2-3-9(10(23)5-8)13(27)31-14(15(17,18)19,16(20,21)22)6-32(28,29)30/h2-5H,6H2,1H3,(H,28,29,30)/p-1. The number of alkyl halides is 6. The first-order chi connectivity index (χ1) is 14.3. The van der Waals surface area contributed by atoms with Gasteiger partial charge in [0, 0.05) is 15.2 Å². The van der Waals surface area contributed by atoms with Crippen LogP contribution in [0.2, 0.25) is 0 Å². The van der Waals surface area contributed by atoms with Gasteiger partial charge in [0.05, 0.1) is 27.1 Å². The fraction of sp³-hybridized carbons (Fsp3) is 0.312. The van der Waals surface area contributed by atoms with Gasteiger partial charge in [0.15, 0.2) is 0 Å². The summed E-state index contributed by atoms with van der Waals surface area (Å²) in [5.41, 5.74) is -6.58. The summed E-state index contributed by atoms with van der Waals surface area (Å²) in [6, 6.07) is 2.50. The molecule has 1 aliphatic heterocycles. The maximum atomic E-state index is 13.3. The Morgan fingerprint density at radius 2 is 1.66 bits per heavy atom. The first-order valence-corrected chi connectivity index (χ1v) is 10.6. The second-order valence-corrected chi connectivity index (χ2v) is 8.95. The zero-order chi connectivity index (χ0) is 24.9. The maximum absolute atomic E-state index is 13.3. The summed E-state index contributed by atoms with van der Waals surface area (Å²) in [5.74, 6) is -6.88. The Morgan fingerprint density at radius 1 is 1.12 bits per heavy atom. The van der Waals surface area contributed by atoms with Gasteiger partial charge in [0.2, 0.25) is 0 Å². The molecule has 0 aromatic heterocycles. The van der Waals surface area contributed by atoms with Crippen molar-refractivity contribution >= 4 is 56.2 Å². The van der Waals surface area contributed by atoms with E-state index < -0.39 is 57.2 Å². The first kappa shape index (κ1) is 26.0. The number of carbonyl (C=O) groups excluding carboxylic acids is 3. The van der Waals surface area contributed by atoms with Crippen LogP contribution in [0.3, 0.4) is 0 Å². The highest BCUT2D eigenvalue weighted by Gasteiger charge is 2.75. The van der Waals surface area contributed by atoms with Crippen LogP contribution in [-0.2, 0) is 24.4 Å². The monoisotopic (exact) mass is 600 g/mol. The second-order valence-electron chi connectivity index (χ2n) is 6.38. The summed E-state index contributed by atoms with van der Waals surface area (Å²) in [6.45, 7) is 1.33. The Balaban J connectivity index is 2.49. The highest BCUT2D eigenvalue weighted by molar-refractivity contribution is 14.1. The van der Waals surface area contributed by atoms with Crippen molar-refractivity contribution in [3.8, 4) is 0 Å². The third kappa shape index (κ3) is 4.90. The van der Waals surface area contributed by atoms with Crippen LogP contribution in [0.1, 0.15) is 17.3 Å². The van der Waals surface area contributed by atoms with Crippen LogP contribution >= 0.6 is 22.6 Å². The molecule has 2 rings (SSSR count). The molecule has 8 nitrogen and oxygen atoms in total. The summed E-state index contributed by atoms with van der Waals surface area (Å²) < 4.78 is 115. The van der Waals surface area contributed by atoms with Crippen molar-refractivity contribution in [2.45, 2.75) is 24.9 Å². The lowest BCUT2D eigenvalue weighted by Gasteiger charge is -2.37. The fourth-order valence-corrected chi connectivity index (χ4v) is 4.18. The molecule has 2 amide bonds. The number of amides is 2. The molecule has 1 heterocycles. The average molecular weight is 600 g/mol. The van der Waals surface area contributed by atoms with Gasteiger partial charge in [-0.1, -0.05) is 0 Å². The van der Waals surface area contributed by atoms with Crippen LogP contribution in [0.4, 0.5) is 32.0 Å². The molecule has 1 aromatic carbocycles. The summed E-state index contributed by atoms with van der Waals surface area (Å²) in [5, 5.41) is 0. The van der Waals surface area contributed by atoms with Gasteiger partial charge < -0.3 is 9.29 Å². The minimum atomic E-state index is -6.51. The molecule has 0 radical (unpaired) electrons. The van der Waals surface area contributed by atoms with Crippen LogP contribution < -0.4 is 4.90 Å². The van der Waals surface area contributed by atoms with E-state index in [-0.39, 0.29) is 14.8 Å². The van der Waals surface area contributed by atoms with Gasteiger partial charge in [-0.3, -0.25) is 9.59 Å². The number of esters is 1. The van der Waals surface area contributed by atoms with Crippen molar-refractivity contribution in [2.75, 3.05) is 10.7 Å². The summed E-state index contributed by atoms with van der Waals surface area (Å²) in [7, 11) is -6.18. The average Bonchev–Trinajstić information content (AvgIpc) is 2.83. The number of imide groups is 1. The largest absolute Gasteiger partial charge is 0.748 e. The van der Waals surface area contributed by atoms with E-state index in [1.54, 1.807) is 0 Å². The number of halogens is 7. The predicted octanol–water partition coefficient (Wildman–Crippen LogP) is 2.68. The van der Waals surface area contributed by atoms with E-state index in [0.29, 0.717) is 11.0 Å². The summed E-state index contributed by atoms with van der Waals surface area (Å²) in [4.78, 5) is 36.7. The second kappa shape index (κ2) is 8.29. The van der Waals surface area contributed by atoms with Gasteiger partial charge >= 0.3 is 23.9 Å². The smallest absolute Gasteiger partial charge is 0.438 e. The normalized spacial score (nSPS) is 15.8. The third-order valence-electron chi connectivity index (χ3n) is 4.09. The zero-order valence-electron chi connectivity index (χ0n) is 15.4. The SMILES string of the molecule is CC1=CC(=O)N(c2ccc(C(=O)OC(CS(=O)(=O)[O-])(C(F)(F)F)C(F)(F)F)c(I)c2)C1=O. The third-order valence-corrected chi connectivity index (χ3v) is 5.75. The molecular weight excluding hydrogens is 591 g/mol. The summed E-state index contributed by atoms with van der Waals surface area (Å²) >= 11 is 1.32. The fourth-order valence-electron chi connectivity index (χ4n) is 2.57. The van der Waals surface area contributed by atoms with Crippen molar-refractivity contribution in [1.29, 1.82) is 0 Å². The molecule has 0 saturated heterocycles. The molecule has 0 N–H and O–H groups in total. The molecule has 1 aromatic rings. The van der Waals surface area contributed by atoms with Crippen LogP contribution in [0.15, 0.2) is 29.8 Å². The van der Waals surface area contributed by atoms with Gasteiger partial charge in [-0.05, 0) is 47.7 Å². The molecule has 0 spiro atoms. The Bertz CT molecular complexity index is 1110. The quantitative estimate of drug-likeness (QED) is 0.168. The molecule has 0 fully saturated rings. The van der Waals surface area contributed by atoms with E-state index in [2.05, 4.69) is 4.74 Å². The lowest BCUT2D eigenvalue weighted by Crippen LogP contribution is -2.63. The number of rotatable bonds is 5. The van der Waals surface area contributed by atoms with E-state index >= 15 is 0 Å². The maximum Gasteiger partial charge on any atom is 0.438 e. The predicted molar refractivity (Wildman–Crippen MR) is 100 cm³/mol. The molecule has 1 aliphatic rings. The molecule has 0 saturated carbocycles. The van der Waals surface area contributed by atoms with Crippen molar-refractivity contribution in [1.82, 2.24) is 0 Å². The number of anilines is 1. The number of hydrogen-bond donors (Lipinski definition) is 0. The topological polar surface area (TPSA) is 121 Å². The van der Waals surface area contributed by atoms with E-state index in [9.17, 15) is 53.7 Å².